The van der Waals surface area contributed by atoms with Crippen molar-refractivity contribution in [2.24, 2.45) is 0 Å². The van der Waals surface area contributed by atoms with Crippen molar-refractivity contribution < 1.29 is 0 Å². The summed E-state index contributed by atoms with van der Waals surface area (Å²) in [5.41, 5.74) is 4.17. The van der Waals surface area contributed by atoms with Crippen LogP contribution in [-0.2, 0) is 19.6 Å². The minimum atomic E-state index is 0.994. The van der Waals surface area contributed by atoms with Crippen LogP contribution >= 0.6 is 0 Å². The van der Waals surface area contributed by atoms with Crippen molar-refractivity contribution >= 4 is 0 Å². The fourth-order valence-corrected chi connectivity index (χ4v) is 4.01. The molecule has 0 saturated heterocycles. The second-order valence-electron chi connectivity index (χ2n) is 8.25. The van der Waals surface area contributed by atoms with E-state index in [0.29, 0.717) is 0 Å². The third-order valence-electron chi connectivity index (χ3n) is 5.60. The van der Waals surface area contributed by atoms with Gasteiger partial charge in [0.25, 0.3) is 0 Å². The average Bonchev–Trinajstić information content (AvgIpc) is 2.81. The summed E-state index contributed by atoms with van der Waals surface area (Å²) in [4.78, 5) is 5.19. The standard InChI is InChI=1S/C28H37N3/c1-29-19-11-20-30(23-26-13-5-2-6-14-26)21-12-22-31(24-27-15-7-3-8-16-27)25-28-17-9-4-10-18-28/h2-10,13-18,29H,11-12,19-25H2,1H3. The van der Waals surface area contributed by atoms with Gasteiger partial charge in [0.05, 0.1) is 0 Å². The van der Waals surface area contributed by atoms with Crippen LogP contribution in [0.1, 0.15) is 29.5 Å². The largest absolute Gasteiger partial charge is 0.320 e. The van der Waals surface area contributed by atoms with Gasteiger partial charge in [-0.3, -0.25) is 9.80 Å². The van der Waals surface area contributed by atoms with Crippen LogP contribution in [0.3, 0.4) is 0 Å². The van der Waals surface area contributed by atoms with Crippen LogP contribution < -0.4 is 5.32 Å². The Kier molecular flexibility index (Phi) is 10.3. The molecule has 3 rings (SSSR count). The molecule has 1 N–H and O–H groups in total. The van der Waals surface area contributed by atoms with Crippen molar-refractivity contribution in [1.29, 1.82) is 0 Å². The Bertz CT molecular complexity index is 779. The highest BCUT2D eigenvalue weighted by molar-refractivity contribution is 5.17. The molecule has 3 nitrogen and oxygen atoms in total. The molecule has 0 radical (unpaired) electrons. The predicted molar refractivity (Wildman–Crippen MR) is 132 cm³/mol. The van der Waals surface area contributed by atoms with Gasteiger partial charge in [-0.15, -0.1) is 0 Å². The molecular formula is C28H37N3. The first-order valence-electron chi connectivity index (χ1n) is 11.5. The van der Waals surface area contributed by atoms with E-state index >= 15 is 0 Å². The molecule has 0 amide bonds. The minimum absolute atomic E-state index is 0.994. The highest BCUT2D eigenvalue weighted by Gasteiger charge is 2.10. The number of nitrogens with zero attached hydrogens (tertiary/aromatic N) is 2. The number of rotatable bonds is 14. The minimum Gasteiger partial charge on any atom is -0.320 e. The zero-order valence-electron chi connectivity index (χ0n) is 18.9. The monoisotopic (exact) mass is 415 g/mol. The molecule has 0 aromatic heterocycles. The smallest absolute Gasteiger partial charge is 0.0237 e. The molecule has 0 aliphatic heterocycles. The zero-order chi connectivity index (χ0) is 21.6. The maximum Gasteiger partial charge on any atom is 0.0237 e. The molecule has 3 aromatic carbocycles. The van der Waals surface area contributed by atoms with Gasteiger partial charge in [-0.05, 0) is 56.2 Å². The van der Waals surface area contributed by atoms with Gasteiger partial charge in [-0.2, -0.15) is 0 Å². The first-order chi connectivity index (χ1) is 15.3. The molecule has 0 spiro atoms. The fraction of sp³-hybridized carbons (Fsp3) is 0.357. The van der Waals surface area contributed by atoms with Crippen LogP contribution in [0.2, 0.25) is 0 Å². The van der Waals surface area contributed by atoms with E-state index in [0.717, 1.165) is 45.8 Å². The summed E-state index contributed by atoms with van der Waals surface area (Å²) in [5.74, 6) is 0. The molecule has 164 valence electrons. The first-order valence-corrected chi connectivity index (χ1v) is 11.5. The lowest BCUT2D eigenvalue weighted by Gasteiger charge is -2.26. The van der Waals surface area contributed by atoms with Gasteiger partial charge in [-0.1, -0.05) is 91.0 Å². The topological polar surface area (TPSA) is 18.5 Å². The van der Waals surface area contributed by atoms with Crippen LogP contribution in [0.5, 0.6) is 0 Å². The van der Waals surface area contributed by atoms with Crippen molar-refractivity contribution in [2.75, 3.05) is 33.2 Å². The van der Waals surface area contributed by atoms with Gasteiger partial charge in [0.15, 0.2) is 0 Å². The first kappa shape index (κ1) is 23.2. The number of hydrogen-bond donors (Lipinski definition) is 1. The summed E-state index contributed by atoms with van der Waals surface area (Å²) in [6, 6.07) is 32.5. The van der Waals surface area contributed by atoms with Gasteiger partial charge >= 0.3 is 0 Å². The summed E-state index contributed by atoms with van der Waals surface area (Å²) in [6.07, 6.45) is 2.35. The Morgan fingerprint density at radius 2 is 0.903 bits per heavy atom. The van der Waals surface area contributed by atoms with E-state index < -0.39 is 0 Å². The molecule has 0 saturated carbocycles. The van der Waals surface area contributed by atoms with E-state index in [1.807, 2.05) is 7.05 Å². The van der Waals surface area contributed by atoms with Gasteiger partial charge < -0.3 is 5.32 Å². The van der Waals surface area contributed by atoms with Crippen molar-refractivity contribution in [3.63, 3.8) is 0 Å². The Morgan fingerprint density at radius 1 is 0.516 bits per heavy atom. The number of nitrogens with one attached hydrogen (secondary N) is 1. The van der Waals surface area contributed by atoms with Gasteiger partial charge in [0, 0.05) is 26.2 Å². The SMILES string of the molecule is CNCCCN(CCCN(Cc1ccccc1)Cc1ccccc1)Cc1ccccc1. The molecule has 31 heavy (non-hydrogen) atoms. The van der Waals surface area contributed by atoms with Crippen LogP contribution in [-0.4, -0.2) is 43.0 Å². The highest BCUT2D eigenvalue weighted by Crippen LogP contribution is 2.12. The molecular weight excluding hydrogens is 378 g/mol. The van der Waals surface area contributed by atoms with Gasteiger partial charge in [-0.25, -0.2) is 0 Å². The maximum absolute atomic E-state index is 3.28. The Morgan fingerprint density at radius 3 is 1.35 bits per heavy atom. The van der Waals surface area contributed by atoms with E-state index in [1.165, 1.54) is 29.5 Å². The van der Waals surface area contributed by atoms with E-state index in [-0.39, 0.29) is 0 Å². The summed E-state index contributed by atoms with van der Waals surface area (Å²) < 4.78 is 0. The maximum atomic E-state index is 3.28. The molecule has 0 bridgehead atoms. The second-order valence-corrected chi connectivity index (χ2v) is 8.25. The number of hydrogen-bond acceptors (Lipinski definition) is 3. The van der Waals surface area contributed by atoms with E-state index in [1.54, 1.807) is 0 Å². The average molecular weight is 416 g/mol. The van der Waals surface area contributed by atoms with Crippen LogP contribution in [0.15, 0.2) is 91.0 Å². The van der Waals surface area contributed by atoms with Crippen molar-refractivity contribution in [3.8, 4) is 0 Å². The Labute approximate surface area is 188 Å². The molecule has 0 fully saturated rings. The highest BCUT2D eigenvalue weighted by atomic mass is 15.1. The Hall–Kier alpha value is -2.46. The quantitative estimate of drug-likeness (QED) is 0.366. The molecule has 3 aromatic rings. The van der Waals surface area contributed by atoms with E-state index in [2.05, 4.69) is 106 Å². The third kappa shape index (κ3) is 9.06. The molecule has 0 heterocycles. The van der Waals surface area contributed by atoms with Crippen molar-refractivity contribution in [1.82, 2.24) is 15.1 Å². The molecule has 0 unspecified atom stereocenters. The zero-order valence-corrected chi connectivity index (χ0v) is 18.9. The predicted octanol–water partition coefficient (Wildman–Crippen LogP) is 5.19. The molecule has 0 aliphatic rings. The number of benzene rings is 3. The lowest BCUT2D eigenvalue weighted by atomic mass is 10.1. The van der Waals surface area contributed by atoms with E-state index in [4.69, 9.17) is 0 Å². The van der Waals surface area contributed by atoms with Gasteiger partial charge in [0.2, 0.25) is 0 Å². The third-order valence-corrected chi connectivity index (χ3v) is 5.60. The van der Waals surface area contributed by atoms with Crippen molar-refractivity contribution in [2.45, 2.75) is 32.5 Å². The summed E-state index contributed by atoms with van der Waals surface area (Å²) in [7, 11) is 2.03. The second kappa shape index (κ2) is 13.8. The van der Waals surface area contributed by atoms with Crippen molar-refractivity contribution in [3.05, 3.63) is 108 Å². The van der Waals surface area contributed by atoms with Crippen LogP contribution in [0.25, 0.3) is 0 Å². The van der Waals surface area contributed by atoms with E-state index in [9.17, 15) is 0 Å². The van der Waals surface area contributed by atoms with Crippen LogP contribution in [0.4, 0.5) is 0 Å². The molecule has 0 aliphatic carbocycles. The lowest BCUT2D eigenvalue weighted by molar-refractivity contribution is 0.210. The molecule has 0 atom stereocenters. The summed E-state index contributed by atoms with van der Waals surface area (Å²) in [6.45, 7) is 7.44. The fourth-order valence-electron chi connectivity index (χ4n) is 4.01. The van der Waals surface area contributed by atoms with Crippen LogP contribution in [0, 0.1) is 0 Å². The van der Waals surface area contributed by atoms with Gasteiger partial charge in [0.1, 0.15) is 0 Å². The lowest BCUT2D eigenvalue weighted by Crippen LogP contribution is -2.31. The Balaban J connectivity index is 1.57. The normalized spacial score (nSPS) is 11.3. The summed E-state index contributed by atoms with van der Waals surface area (Å²) in [5, 5.41) is 3.28. The molecule has 3 heteroatoms. The summed E-state index contributed by atoms with van der Waals surface area (Å²) >= 11 is 0.